The second-order valence-electron chi connectivity index (χ2n) is 4.48. The van der Waals surface area contributed by atoms with Crippen LogP contribution in [0.1, 0.15) is 38.3 Å². The molecule has 0 amide bonds. The molecule has 0 saturated carbocycles. The lowest BCUT2D eigenvalue weighted by molar-refractivity contribution is 0.112. The van der Waals surface area contributed by atoms with E-state index < -0.39 is 0 Å². The van der Waals surface area contributed by atoms with Crippen LogP contribution in [0.15, 0.2) is 18.2 Å². The lowest BCUT2D eigenvalue weighted by atomic mass is 10.1. The van der Waals surface area contributed by atoms with Crippen molar-refractivity contribution in [3.05, 3.63) is 28.8 Å². The van der Waals surface area contributed by atoms with Gasteiger partial charge in [-0.1, -0.05) is 31.5 Å². The van der Waals surface area contributed by atoms with Crippen molar-refractivity contribution in [1.29, 1.82) is 0 Å². The maximum atomic E-state index is 6.06. The summed E-state index contributed by atoms with van der Waals surface area (Å²) in [5, 5.41) is 4.13. The van der Waals surface area contributed by atoms with E-state index in [0.717, 1.165) is 31.6 Å². The third kappa shape index (κ3) is 5.39. The van der Waals surface area contributed by atoms with Crippen molar-refractivity contribution in [3.8, 4) is 5.75 Å². The Hall–Kier alpha value is -0.770. The van der Waals surface area contributed by atoms with E-state index in [-0.39, 0.29) is 6.04 Å². The lowest BCUT2D eigenvalue weighted by Gasteiger charge is -2.20. The van der Waals surface area contributed by atoms with Gasteiger partial charge in [-0.05, 0) is 37.1 Å². The van der Waals surface area contributed by atoms with Crippen LogP contribution < -0.4 is 10.1 Å². The molecule has 1 N–H and O–H groups in total. The van der Waals surface area contributed by atoms with E-state index in [4.69, 9.17) is 21.1 Å². The van der Waals surface area contributed by atoms with Gasteiger partial charge in [0.2, 0.25) is 0 Å². The van der Waals surface area contributed by atoms with Crippen molar-refractivity contribution in [2.45, 2.75) is 32.7 Å². The zero-order valence-electron chi connectivity index (χ0n) is 12.0. The summed E-state index contributed by atoms with van der Waals surface area (Å²) in [6, 6.07) is 6.05. The number of halogens is 1. The van der Waals surface area contributed by atoms with Crippen molar-refractivity contribution < 1.29 is 9.47 Å². The third-order valence-corrected chi connectivity index (χ3v) is 3.16. The summed E-state index contributed by atoms with van der Waals surface area (Å²) in [5.74, 6) is 0.706. The van der Waals surface area contributed by atoms with Crippen LogP contribution in [0.3, 0.4) is 0 Å². The summed E-state index contributed by atoms with van der Waals surface area (Å²) in [4.78, 5) is 0. The Morgan fingerprint density at radius 2 is 2.05 bits per heavy atom. The van der Waals surface area contributed by atoms with E-state index in [1.54, 1.807) is 7.11 Å². The van der Waals surface area contributed by atoms with E-state index in [1.165, 1.54) is 0 Å². The van der Waals surface area contributed by atoms with Crippen molar-refractivity contribution >= 4 is 11.6 Å². The standard InChI is InChI=1S/C15H24ClNO2/c1-4-8-17-14(11-19-9-5-2)12-6-7-13(16)15(10-12)18-3/h6-7,10,14,17H,4-5,8-9,11H2,1-3H3. The minimum absolute atomic E-state index is 0.178. The summed E-state index contributed by atoms with van der Waals surface area (Å²) >= 11 is 6.06. The van der Waals surface area contributed by atoms with Crippen LogP contribution >= 0.6 is 11.6 Å². The zero-order chi connectivity index (χ0) is 14.1. The highest BCUT2D eigenvalue weighted by atomic mass is 35.5. The molecule has 0 aliphatic heterocycles. The first-order valence-corrected chi connectivity index (χ1v) is 7.25. The highest BCUT2D eigenvalue weighted by molar-refractivity contribution is 6.32. The molecular weight excluding hydrogens is 262 g/mol. The number of rotatable bonds is 9. The Bertz CT molecular complexity index is 371. The number of methoxy groups -OCH3 is 1. The van der Waals surface area contributed by atoms with Gasteiger partial charge in [-0.15, -0.1) is 0 Å². The molecule has 0 radical (unpaired) electrons. The fraction of sp³-hybridized carbons (Fsp3) is 0.600. The Kier molecular flexibility index (Phi) is 7.87. The Labute approximate surface area is 121 Å². The molecule has 1 aromatic carbocycles. The van der Waals surface area contributed by atoms with Gasteiger partial charge in [0.1, 0.15) is 5.75 Å². The highest BCUT2D eigenvalue weighted by Crippen LogP contribution is 2.28. The third-order valence-electron chi connectivity index (χ3n) is 2.85. The Morgan fingerprint density at radius 3 is 2.68 bits per heavy atom. The molecule has 3 nitrogen and oxygen atoms in total. The van der Waals surface area contributed by atoms with E-state index in [1.807, 2.05) is 18.2 Å². The minimum Gasteiger partial charge on any atom is -0.495 e. The fourth-order valence-corrected chi connectivity index (χ4v) is 2.02. The first-order chi connectivity index (χ1) is 9.22. The van der Waals surface area contributed by atoms with Gasteiger partial charge < -0.3 is 14.8 Å². The lowest BCUT2D eigenvalue weighted by Crippen LogP contribution is -2.26. The van der Waals surface area contributed by atoms with Gasteiger partial charge in [-0.2, -0.15) is 0 Å². The molecule has 0 spiro atoms. The van der Waals surface area contributed by atoms with Crippen LogP contribution in [0.4, 0.5) is 0 Å². The van der Waals surface area contributed by atoms with Crippen molar-refractivity contribution in [2.75, 3.05) is 26.9 Å². The maximum Gasteiger partial charge on any atom is 0.137 e. The highest BCUT2D eigenvalue weighted by Gasteiger charge is 2.13. The molecule has 0 bridgehead atoms. The number of nitrogens with one attached hydrogen (secondary N) is 1. The largest absolute Gasteiger partial charge is 0.495 e. The van der Waals surface area contributed by atoms with Crippen LogP contribution in [0.5, 0.6) is 5.75 Å². The molecule has 1 unspecified atom stereocenters. The molecule has 0 heterocycles. The number of hydrogen-bond acceptors (Lipinski definition) is 3. The van der Waals surface area contributed by atoms with Crippen LogP contribution in [0.25, 0.3) is 0 Å². The molecule has 1 rings (SSSR count). The molecular formula is C15H24ClNO2. The monoisotopic (exact) mass is 285 g/mol. The van der Waals surface area contributed by atoms with Gasteiger partial charge in [-0.3, -0.25) is 0 Å². The van der Waals surface area contributed by atoms with E-state index in [2.05, 4.69) is 19.2 Å². The van der Waals surface area contributed by atoms with E-state index >= 15 is 0 Å². The summed E-state index contributed by atoms with van der Waals surface area (Å²) in [6.07, 6.45) is 2.12. The van der Waals surface area contributed by atoms with Crippen LogP contribution in [-0.2, 0) is 4.74 Å². The number of benzene rings is 1. The predicted molar refractivity (Wildman–Crippen MR) is 80.1 cm³/mol. The average Bonchev–Trinajstić information content (AvgIpc) is 2.43. The van der Waals surface area contributed by atoms with Gasteiger partial charge in [-0.25, -0.2) is 0 Å². The van der Waals surface area contributed by atoms with Gasteiger partial charge in [0, 0.05) is 6.61 Å². The molecule has 0 aliphatic rings. The first-order valence-electron chi connectivity index (χ1n) is 6.87. The van der Waals surface area contributed by atoms with Gasteiger partial charge in [0.15, 0.2) is 0 Å². The smallest absolute Gasteiger partial charge is 0.137 e. The van der Waals surface area contributed by atoms with Crippen molar-refractivity contribution in [2.24, 2.45) is 0 Å². The fourth-order valence-electron chi connectivity index (χ4n) is 1.83. The zero-order valence-corrected chi connectivity index (χ0v) is 12.8. The summed E-state index contributed by atoms with van der Waals surface area (Å²) in [6.45, 7) is 6.68. The second kappa shape index (κ2) is 9.18. The Balaban J connectivity index is 2.76. The number of ether oxygens (including phenoxy) is 2. The Morgan fingerprint density at radius 1 is 1.26 bits per heavy atom. The predicted octanol–water partition coefficient (Wildman–Crippen LogP) is 3.82. The average molecular weight is 286 g/mol. The molecule has 0 saturated heterocycles. The van der Waals surface area contributed by atoms with Crippen molar-refractivity contribution in [1.82, 2.24) is 5.32 Å². The second-order valence-corrected chi connectivity index (χ2v) is 4.88. The van der Waals surface area contributed by atoms with Crippen LogP contribution in [-0.4, -0.2) is 26.9 Å². The van der Waals surface area contributed by atoms with Gasteiger partial charge in [0.05, 0.1) is 24.8 Å². The van der Waals surface area contributed by atoms with Crippen LogP contribution in [0, 0.1) is 0 Å². The number of hydrogen-bond donors (Lipinski definition) is 1. The topological polar surface area (TPSA) is 30.5 Å². The quantitative estimate of drug-likeness (QED) is 0.700. The summed E-state index contributed by atoms with van der Waals surface area (Å²) < 4.78 is 10.9. The molecule has 1 atom stereocenters. The van der Waals surface area contributed by atoms with Crippen LogP contribution in [0.2, 0.25) is 5.02 Å². The summed E-state index contributed by atoms with van der Waals surface area (Å²) in [5.41, 5.74) is 1.14. The van der Waals surface area contributed by atoms with E-state index in [0.29, 0.717) is 17.4 Å². The van der Waals surface area contributed by atoms with E-state index in [9.17, 15) is 0 Å². The maximum absolute atomic E-state index is 6.06. The molecule has 0 aromatic heterocycles. The van der Waals surface area contributed by atoms with Gasteiger partial charge in [0.25, 0.3) is 0 Å². The molecule has 19 heavy (non-hydrogen) atoms. The first kappa shape index (κ1) is 16.3. The normalized spacial score (nSPS) is 12.4. The molecule has 108 valence electrons. The minimum atomic E-state index is 0.178. The molecule has 4 heteroatoms. The molecule has 0 fully saturated rings. The molecule has 1 aromatic rings. The summed E-state index contributed by atoms with van der Waals surface area (Å²) in [7, 11) is 1.63. The van der Waals surface area contributed by atoms with Gasteiger partial charge >= 0.3 is 0 Å². The SMILES string of the molecule is CCCNC(COCCC)c1ccc(Cl)c(OC)c1. The van der Waals surface area contributed by atoms with Crippen molar-refractivity contribution in [3.63, 3.8) is 0 Å². The molecule has 0 aliphatic carbocycles.